The van der Waals surface area contributed by atoms with Crippen LogP contribution in [0.2, 0.25) is 5.02 Å². The number of carboxylic acid groups (broad SMARTS) is 1. The van der Waals surface area contributed by atoms with Gasteiger partial charge in [0.15, 0.2) is 11.6 Å². The van der Waals surface area contributed by atoms with Crippen LogP contribution in [0.5, 0.6) is 11.5 Å². The Morgan fingerprint density at radius 3 is 2.53 bits per heavy atom. The maximum absolute atomic E-state index is 13.2. The molecule has 0 aliphatic carbocycles. The Bertz CT molecular complexity index is 1290. The number of alkyl halides is 1. The molecule has 1 heterocycles. The number of halogens is 2. The summed E-state index contributed by atoms with van der Waals surface area (Å²) in [6, 6.07) is 10.6. The minimum Gasteiger partial charge on any atom is -0.481 e. The molecule has 178 valence electrons. The average molecular weight is 489 g/mol. The summed E-state index contributed by atoms with van der Waals surface area (Å²) in [6.45, 7) is 0.299. The summed E-state index contributed by atoms with van der Waals surface area (Å²) in [7, 11) is 0. The fourth-order valence-electron chi connectivity index (χ4n) is 3.63. The third kappa shape index (κ3) is 5.66. The van der Waals surface area contributed by atoms with E-state index in [1.54, 1.807) is 43.3 Å². The lowest BCUT2D eigenvalue weighted by Crippen LogP contribution is -2.32. The SMILES string of the molecule is CC[C@@H](C(=O)CC(CC(=O)O)C(=O)CF)n1cnc2ccc(Oc3ccccc3Cl)cc2c1=O. The number of Topliss-reactive ketones (excluding diaryl/α,β-unsaturated/α-hetero) is 2. The van der Waals surface area contributed by atoms with Crippen LogP contribution in [0.4, 0.5) is 4.39 Å². The Kier molecular flexibility index (Phi) is 8.12. The number of fused-ring (bicyclic) bond motifs is 1. The zero-order valence-electron chi connectivity index (χ0n) is 18.2. The lowest BCUT2D eigenvalue weighted by Gasteiger charge is -2.19. The van der Waals surface area contributed by atoms with Crippen LogP contribution >= 0.6 is 11.6 Å². The third-order valence-corrected chi connectivity index (χ3v) is 5.68. The zero-order valence-corrected chi connectivity index (χ0v) is 19.0. The number of aromatic nitrogens is 2. The third-order valence-electron chi connectivity index (χ3n) is 5.37. The van der Waals surface area contributed by atoms with E-state index in [0.29, 0.717) is 22.0 Å². The molecular weight excluding hydrogens is 467 g/mol. The van der Waals surface area contributed by atoms with E-state index in [9.17, 15) is 23.6 Å². The minimum atomic E-state index is -1.37. The van der Waals surface area contributed by atoms with Crippen molar-refractivity contribution in [3.63, 3.8) is 0 Å². The van der Waals surface area contributed by atoms with Crippen molar-refractivity contribution in [2.45, 2.75) is 32.2 Å². The molecule has 3 aromatic rings. The van der Waals surface area contributed by atoms with Gasteiger partial charge in [-0.2, -0.15) is 0 Å². The molecule has 1 unspecified atom stereocenters. The van der Waals surface area contributed by atoms with Gasteiger partial charge in [0, 0.05) is 12.3 Å². The molecule has 2 atom stereocenters. The molecule has 2 aromatic carbocycles. The molecule has 0 radical (unpaired) electrons. The molecule has 0 fully saturated rings. The van der Waals surface area contributed by atoms with Gasteiger partial charge in [0.1, 0.15) is 18.2 Å². The highest BCUT2D eigenvalue weighted by molar-refractivity contribution is 6.32. The topological polar surface area (TPSA) is 116 Å². The van der Waals surface area contributed by atoms with Crippen LogP contribution in [0.1, 0.15) is 32.2 Å². The van der Waals surface area contributed by atoms with Gasteiger partial charge in [0.05, 0.1) is 34.7 Å². The van der Waals surface area contributed by atoms with Gasteiger partial charge in [-0.05, 0) is 36.8 Å². The molecule has 0 aliphatic rings. The van der Waals surface area contributed by atoms with Crippen molar-refractivity contribution in [2.24, 2.45) is 5.92 Å². The average Bonchev–Trinajstić information content (AvgIpc) is 2.81. The number of carbonyl (C=O) groups excluding carboxylic acids is 2. The number of nitrogens with zero attached hydrogens (tertiary/aromatic N) is 2. The number of carboxylic acids is 1. The molecule has 34 heavy (non-hydrogen) atoms. The van der Waals surface area contributed by atoms with Crippen molar-refractivity contribution >= 4 is 40.0 Å². The summed E-state index contributed by atoms with van der Waals surface area (Å²) >= 11 is 6.12. The highest BCUT2D eigenvalue weighted by Crippen LogP contribution is 2.30. The number of aliphatic carboxylic acids is 1. The van der Waals surface area contributed by atoms with Crippen molar-refractivity contribution < 1.29 is 28.6 Å². The lowest BCUT2D eigenvalue weighted by molar-refractivity contribution is -0.141. The minimum absolute atomic E-state index is 0.186. The summed E-state index contributed by atoms with van der Waals surface area (Å²) in [5, 5.41) is 9.58. The fraction of sp³-hybridized carbons (Fsp3) is 0.292. The largest absolute Gasteiger partial charge is 0.481 e. The predicted octanol–water partition coefficient (Wildman–Crippen LogP) is 4.38. The molecule has 1 N–H and O–H groups in total. The van der Waals surface area contributed by atoms with Crippen LogP contribution in [0.25, 0.3) is 10.9 Å². The number of rotatable bonds is 11. The van der Waals surface area contributed by atoms with Crippen molar-refractivity contribution in [3.05, 3.63) is 64.2 Å². The van der Waals surface area contributed by atoms with Gasteiger partial charge >= 0.3 is 5.97 Å². The molecule has 0 spiro atoms. The second kappa shape index (κ2) is 11.0. The van der Waals surface area contributed by atoms with Crippen LogP contribution in [-0.4, -0.2) is 38.9 Å². The first kappa shape index (κ1) is 25.0. The maximum Gasteiger partial charge on any atom is 0.304 e. The van der Waals surface area contributed by atoms with Gasteiger partial charge in [-0.1, -0.05) is 30.7 Å². The van der Waals surface area contributed by atoms with Crippen molar-refractivity contribution in [3.8, 4) is 11.5 Å². The van der Waals surface area contributed by atoms with Gasteiger partial charge in [-0.25, -0.2) is 9.37 Å². The maximum atomic E-state index is 13.2. The summed E-state index contributed by atoms with van der Waals surface area (Å²) in [5.74, 6) is -3.40. The normalized spacial score (nSPS) is 12.8. The van der Waals surface area contributed by atoms with E-state index < -0.39 is 54.6 Å². The molecule has 0 saturated heterocycles. The number of benzene rings is 2. The van der Waals surface area contributed by atoms with Crippen molar-refractivity contribution in [1.29, 1.82) is 0 Å². The standard InChI is InChI=1S/C24H22ClFN2O6/c1-2-19(20(29)9-14(10-23(31)32)21(30)12-26)28-13-27-18-8-7-15(11-16(18)24(28)33)34-22-6-4-3-5-17(22)25/h3-8,11,13-14,19H,2,9-10,12H2,1H3,(H,31,32)/t14?,19-/m0/s1. The molecule has 0 saturated carbocycles. The highest BCUT2D eigenvalue weighted by Gasteiger charge is 2.29. The lowest BCUT2D eigenvalue weighted by atomic mass is 9.91. The van der Waals surface area contributed by atoms with Gasteiger partial charge in [0.2, 0.25) is 0 Å². The number of ketones is 2. The highest BCUT2D eigenvalue weighted by atomic mass is 35.5. The molecule has 3 rings (SSSR count). The Labute approximate surface area is 198 Å². The van der Waals surface area contributed by atoms with Crippen LogP contribution < -0.4 is 10.3 Å². The summed E-state index contributed by atoms with van der Waals surface area (Å²) in [5.41, 5.74) is -0.132. The Morgan fingerprint density at radius 1 is 1.15 bits per heavy atom. The molecule has 8 nitrogen and oxygen atoms in total. The number of para-hydroxylation sites is 1. The van der Waals surface area contributed by atoms with E-state index >= 15 is 0 Å². The summed E-state index contributed by atoms with van der Waals surface area (Å²) in [6.07, 6.45) is 0.256. The van der Waals surface area contributed by atoms with E-state index in [1.807, 2.05) is 0 Å². The van der Waals surface area contributed by atoms with E-state index in [1.165, 1.54) is 12.4 Å². The van der Waals surface area contributed by atoms with E-state index in [2.05, 4.69) is 4.98 Å². The predicted molar refractivity (Wildman–Crippen MR) is 123 cm³/mol. The molecule has 10 heteroatoms. The van der Waals surface area contributed by atoms with Gasteiger partial charge in [-0.3, -0.25) is 23.7 Å². The van der Waals surface area contributed by atoms with E-state index in [-0.39, 0.29) is 11.8 Å². The molecular formula is C24H22ClFN2O6. The quantitative estimate of drug-likeness (QED) is 0.425. The molecule has 0 amide bonds. The van der Waals surface area contributed by atoms with Crippen LogP contribution in [0.3, 0.4) is 0 Å². The Hall–Kier alpha value is -3.59. The number of hydrogen-bond donors (Lipinski definition) is 1. The molecule has 0 aliphatic heterocycles. The van der Waals surface area contributed by atoms with E-state index in [4.69, 9.17) is 21.4 Å². The Balaban J connectivity index is 1.93. The van der Waals surface area contributed by atoms with Crippen molar-refractivity contribution in [2.75, 3.05) is 6.67 Å². The Morgan fingerprint density at radius 2 is 1.88 bits per heavy atom. The number of hydrogen-bond acceptors (Lipinski definition) is 6. The summed E-state index contributed by atoms with van der Waals surface area (Å²) in [4.78, 5) is 53.2. The van der Waals surface area contributed by atoms with Crippen molar-refractivity contribution in [1.82, 2.24) is 9.55 Å². The smallest absolute Gasteiger partial charge is 0.304 e. The molecule has 0 bridgehead atoms. The second-order valence-electron chi connectivity index (χ2n) is 7.66. The number of carbonyl (C=O) groups is 3. The monoisotopic (exact) mass is 488 g/mol. The van der Waals surface area contributed by atoms with Crippen LogP contribution in [0.15, 0.2) is 53.6 Å². The summed E-state index contributed by atoms with van der Waals surface area (Å²) < 4.78 is 19.8. The van der Waals surface area contributed by atoms with Gasteiger partial charge in [0.25, 0.3) is 5.56 Å². The van der Waals surface area contributed by atoms with Crippen LogP contribution in [-0.2, 0) is 14.4 Å². The van der Waals surface area contributed by atoms with Gasteiger partial charge < -0.3 is 9.84 Å². The first-order valence-corrected chi connectivity index (χ1v) is 10.9. The number of ether oxygens (including phenoxy) is 1. The first-order valence-electron chi connectivity index (χ1n) is 10.5. The molecule has 1 aromatic heterocycles. The van der Waals surface area contributed by atoms with E-state index in [0.717, 1.165) is 4.57 Å². The fourth-order valence-corrected chi connectivity index (χ4v) is 3.81. The first-order chi connectivity index (χ1) is 16.2. The second-order valence-corrected chi connectivity index (χ2v) is 8.06. The van der Waals surface area contributed by atoms with Crippen LogP contribution in [0, 0.1) is 5.92 Å². The zero-order chi connectivity index (χ0) is 24.8. The van der Waals surface area contributed by atoms with Gasteiger partial charge in [-0.15, -0.1) is 0 Å².